The van der Waals surface area contributed by atoms with Crippen molar-refractivity contribution in [3.63, 3.8) is 0 Å². The van der Waals surface area contributed by atoms with Crippen molar-refractivity contribution in [2.45, 2.75) is 58.7 Å². The van der Waals surface area contributed by atoms with E-state index in [9.17, 15) is 0 Å². The van der Waals surface area contributed by atoms with E-state index in [4.69, 9.17) is 14.5 Å². The summed E-state index contributed by atoms with van der Waals surface area (Å²) < 4.78 is 11.9. The molecule has 1 aromatic heterocycles. The van der Waals surface area contributed by atoms with Crippen molar-refractivity contribution < 1.29 is 9.47 Å². The zero-order chi connectivity index (χ0) is 13.7. The van der Waals surface area contributed by atoms with E-state index in [0.29, 0.717) is 13.2 Å². The molecule has 0 unspecified atom stereocenters. The molecule has 0 radical (unpaired) electrons. The molecule has 0 saturated carbocycles. The molecule has 3 heteroatoms. The van der Waals surface area contributed by atoms with Gasteiger partial charge in [0.2, 0.25) is 0 Å². The third kappa shape index (κ3) is 2.98. The van der Waals surface area contributed by atoms with E-state index >= 15 is 0 Å². The molecule has 1 aromatic rings. The number of ether oxygens (including phenoxy) is 2. The van der Waals surface area contributed by atoms with Gasteiger partial charge in [-0.3, -0.25) is 4.98 Å². The Hall–Kier alpha value is -0.930. The van der Waals surface area contributed by atoms with Crippen molar-refractivity contribution in [1.29, 1.82) is 0 Å². The van der Waals surface area contributed by atoms with Gasteiger partial charge in [-0.05, 0) is 39.2 Å². The number of nitrogens with zero attached hydrogens (tertiary/aromatic N) is 1. The zero-order valence-electron chi connectivity index (χ0n) is 12.4. The van der Waals surface area contributed by atoms with Gasteiger partial charge in [-0.1, -0.05) is 19.4 Å². The summed E-state index contributed by atoms with van der Waals surface area (Å²) in [7, 11) is 0. The monoisotopic (exact) mass is 263 g/mol. The predicted molar refractivity (Wildman–Crippen MR) is 76.1 cm³/mol. The molecule has 0 saturated heterocycles. The van der Waals surface area contributed by atoms with Crippen LogP contribution in [0.1, 0.15) is 57.0 Å². The fourth-order valence-corrected chi connectivity index (χ4v) is 2.91. The molecule has 3 nitrogen and oxygen atoms in total. The van der Waals surface area contributed by atoms with Crippen molar-refractivity contribution in [1.82, 2.24) is 4.98 Å². The van der Waals surface area contributed by atoms with Crippen molar-refractivity contribution >= 4 is 0 Å². The summed E-state index contributed by atoms with van der Waals surface area (Å²) in [6.07, 6.45) is 5.22. The molecule has 0 aromatic carbocycles. The quantitative estimate of drug-likeness (QED) is 0.735. The van der Waals surface area contributed by atoms with E-state index < -0.39 is 5.79 Å². The maximum Gasteiger partial charge on any atom is 0.196 e. The lowest BCUT2D eigenvalue weighted by atomic mass is 9.89. The van der Waals surface area contributed by atoms with Gasteiger partial charge >= 0.3 is 0 Å². The number of aromatic nitrogens is 1. The first-order valence-corrected chi connectivity index (χ1v) is 7.53. The Morgan fingerprint density at radius 3 is 2.53 bits per heavy atom. The summed E-state index contributed by atoms with van der Waals surface area (Å²) in [6.45, 7) is 7.56. The second kappa shape index (κ2) is 6.49. The highest BCUT2D eigenvalue weighted by atomic mass is 16.7. The summed E-state index contributed by atoms with van der Waals surface area (Å²) >= 11 is 0. The SMILES string of the molecule is CCCc1ccc2c(n1)CCCC2(OCC)OCC. The number of pyridine rings is 1. The topological polar surface area (TPSA) is 31.4 Å². The Balaban J connectivity index is 2.36. The van der Waals surface area contributed by atoms with Gasteiger partial charge in [0.05, 0.1) is 0 Å². The van der Waals surface area contributed by atoms with E-state index in [2.05, 4.69) is 19.1 Å². The smallest absolute Gasteiger partial charge is 0.196 e. The van der Waals surface area contributed by atoms with Crippen LogP contribution in [0.25, 0.3) is 0 Å². The Kier molecular flexibility index (Phi) is 4.94. The van der Waals surface area contributed by atoms with Crippen LogP contribution in [0.2, 0.25) is 0 Å². The van der Waals surface area contributed by atoms with Crippen LogP contribution in [0.3, 0.4) is 0 Å². The first-order valence-electron chi connectivity index (χ1n) is 7.53. The number of hydrogen-bond acceptors (Lipinski definition) is 3. The molecule has 0 N–H and O–H groups in total. The molecule has 0 spiro atoms. The molecule has 0 amide bonds. The standard InChI is InChI=1S/C16H25NO2/c1-4-8-13-10-11-14-15(17-13)9-7-12-16(14,18-5-2)19-6-3/h10-11H,4-9,12H2,1-3H3. The maximum atomic E-state index is 5.97. The van der Waals surface area contributed by atoms with Gasteiger partial charge in [0.1, 0.15) is 0 Å². The lowest BCUT2D eigenvalue weighted by Crippen LogP contribution is -2.37. The normalized spacial score (nSPS) is 17.2. The van der Waals surface area contributed by atoms with Gasteiger partial charge in [0.15, 0.2) is 5.79 Å². The summed E-state index contributed by atoms with van der Waals surface area (Å²) in [5.41, 5.74) is 3.49. The maximum absolute atomic E-state index is 5.97. The average Bonchev–Trinajstić information content (AvgIpc) is 2.40. The van der Waals surface area contributed by atoms with Crippen LogP contribution in [0.15, 0.2) is 12.1 Å². The minimum Gasteiger partial charge on any atom is -0.346 e. The van der Waals surface area contributed by atoms with Gasteiger partial charge in [-0.25, -0.2) is 0 Å². The molecule has 106 valence electrons. The van der Waals surface area contributed by atoms with Gasteiger partial charge in [-0.2, -0.15) is 0 Å². The van der Waals surface area contributed by atoms with Crippen molar-refractivity contribution in [3.8, 4) is 0 Å². The van der Waals surface area contributed by atoms with Crippen molar-refractivity contribution in [3.05, 3.63) is 29.1 Å². The van der Waals surface area contributed by atoms with E-state index in [1.54, 1.807) is 0 Å². The van der Waals surface area contributed by atoms with Crippen LogP contribution in [-0.4, -0.2) is 18.2 Å². The highest BCUT2D eigenvalue weighted by molar-refractivity contribution is 5.30. The molecule has 0 aliphatic heterocycles. The fourth-order valence-electron chi connectivity index (χ4n) is 2.91. The molecule has 1 aliphatic rings. The van der Waals surface area contributed by atoms with E-state index in [0.717, 1.165) is 37.7 Å². The lowest BCUT2D eigenvalue weighted by Gasteiger charge is -2.37. The molecule has 1 aliphatic carbocycles. The van der Waals surface area contributed by atoms with Crippen LogP contribution >= 0.6 is 0 Å². The number of rotatable bonds is 6. The summed E-state index contributed by atoms with van der Waals surface area (Å²) in [6, 6.07) is 4.29. The largest absolute Gasteiger partial charge is 0.346 e. The number of hydrogen-bond donors (Lipinski definition) is 0. The number of fused-ring (bicyclic) bond motifs is 1. The van der Waals surface area contributed by atoms with E-state index in [1.807, 2.05) is 13.8 Å². The second-order valence-electron chi connectivity index (χ2n) is 5.02. The van der Waals surface area contributed by atoms with Gasteiger partial charge in [0.25, 0.3) is 0 Å². The van der Waals surface area contributed by atoms with Crippen LogP contribution < -0.4 is 0 Å². The Morgan fingerprint density at radius 1 is 1.16 bits per heavy atom. The van der Waals surface area contributed by atoms with Crippen LogP contribution in [0.4, 0.5) is 0 Å². The average molecular weight is 263 g/mol. The lowest BCUT2D eigenvalue weighted by molar-refractivity contribution is -0.250. The summed E-state index contributed by atoms with van der Waals surface area (Å²) in [5, 5.41) is 0. The summed E-state index contributed by atoms with van der Waals surface area (Å²) in [5.74, 6) is -0.561. The third-order valence-electron chi connectivity index (χ3n) is 3.62. The predicted octanol–water partition coefficient (Wildman–Crippen LogP) is 3.60. The van der Waals surface area contributed by atoms with Crippen LogP contribution in [-0.2, 0) is 28.1 Å². The molecule has 0 bridgehead atoms. The zero-order valence-corrected chi connectivity index (χ0v) is 12.4. The first kappa shape index (κ1) is 14.5. The Bertz CT molecular complexity index is 411. The molecular weight excluding hydrogens is 238 g/mol. The molecule has 0 fully saturated rings. The fraction of sp³-hybridized carbons (Fsp3) is 0.688. The Labute approximate surface area is 116 Å². The third-order valence-corrected chi connectivity index (χ3v) is 3.62. The first-order chi connectivity index (χ1) is 9.25. The minimum atomic E-state index is -0.561. The van der Waals surface area contributed by atoms with Gasteiger partial charge in [-0.15, -0.1) is 0 Å². The van der Waals surface area contributed by atoms with Crippen molar-refractivity contribution in [2.75, 3.05) is 13.2 Å². The van der Waals surface area contributed by atoms with Gasteiger partial charge < -0.3 is 9.47 Å². The molecule has 0 atom stereocenters. The molecule has 2 rings (SSSR count). The highest BCUT2D eigenvalue weighted by Crippen LogP contribution is 2.39. The van der Waals surface area contributed by atoms with Crippen LogP contribution in [0, 0.1) is 0 Å². The van der Waals surface area contributed by atoms with E-state index in [1.165, 1.54) is 11.4 Å². The van der Waals surface area contributed by atoms with E-state index in [-0.39, 0.29) is 0 Å². The second-order valence-corrected chi connectivity index (χ2v) is 5.02. The molecule has 19 heavy (non-hydrogen) atoms. The highest BCUT2D eigenvalue weighted by Gasteiger charge is 2.38. The molecule has 1 heterocycles. The Morgan fingerprint density at radius 2 is 1.89 bits per heavy atom. The van der Waals surface area contributed by atoms with Gasteiger partial charge in [0, 0.05) is 36.6 Å². The van der Waals surface area contributed by atoms with Crippen LogP contribution in [0.5, 0.6) is 0 Å². The van der Waals surface area contributed by atoms with Crippen molar-refractivity contribution in [2.24, 2.45) is 0 Å². The summed E-state index contributed by atoms with van der Waals surface area (Å²) in [4.78, 5) is 4.80. The molecular formula is C16H25NO2. The number of aryl methyl sites for hydroxylation is 2. The minimum absolute atomic E-state index is 0.561.